The summed E-state index contributed by atoms with van der Waals surface area (Å²) in [7, 11) is 0. The normalized spacial score (nSPS) is 10.5. The summed E-state index contributed by atoms with van der Waals surface area (Å²) in [5, 5.41) is 9.07. The summed E-state index contributed by atoms with van der Waals surface area (Å²) in [6.07, 6.45) is 0. The Kier molecular flexibility index (Phi) is 2.43. The SMILES string of the molecule is CC(=O)c1nc2ccccc2nc1CO. The largest absolute Gasteiger partial charge is 0.390 e. The standard InChI is InChI=1S/C11H10N2O2/c1-7(15)11-10(6-14)12-8-4-2-3-5-9(8)13-11/h2-5,14H,6H2,1H3. The molecular weight excluding hydrogens is 192 g/mol. The summed E-state index contributed by atoms with van der Waals surface area (Å²) < 4.78 is 0. The van der Waals surface area contributed by atoms with Crippen molar-refractivity contribution in [2.24, 2.45) is 0 Å². The molecule has 0 amide bonds. The molecule has 0 aliphatic rings. The summed E-state index contributed by atoms with van der Waals surface area (Å²) in [4.78, 5) is 19.6. The van der Waals surface area contributed by atoms with Crippen LogP contribution in [0.5, 0.6) is 0 Å². The Morgan fingerprint density at radius 2 is 1.87 bits per heavy atom. The molecule has 0 radical (unpaired) electrons. The molecule has 0 spiro atoms. The van der Waals surface area contributed by atoms with Gasteiger partial charge in [-0.3, -0.25) is 4.79 Å². The fourth-order valence-electron chi connectivity index (χ4n) is 1.43. The van der Waals surface area contributed by atoms with E-state index in [1.807, 2.05) is 12.1 Å². The summed E-state index contributed by atoms with van der Waals surface area (Å²) in [5.41, 5.74) is 1.93. The highest BCUT2D eigenvalue weighted by molar-refractivity contribution is 5.95. The van der Waals surface area contributed by atoms with Crippen LogP contribution in [0.25, 0.3) is 11.0 Å². The number of carbonyl (C=O) groups is 1. The van der Waals surface area contributed by atoms with E-state index in [0.29, 0.717) is 16.7 Å². The molecule has 0 bridgehead atoms. The predicted molar refractivity (Wildman–Crippen MR) is 55.5 cm³/mol. The maximum atomic E-state index is 11.3. The van der Waals surface area contributed by atoms with Crippen molar-refractivity contribution in [1.82, 2.24) is 9.97 Å². The molecular formula is C11H10N2O2. The van der Waals surface area contributed by atoms with Crippen LogP contribution >= 0.6 is 0 Å². The Bertz CT molecular complexity index is 523. The van der Waals surface area contributed by atoms with Gasteiger partial charge in [0.05, 0.1) is 23.3 Å². The lowest BCUT2D eigenvalue weighted by molar-refractivity contribution is 0.100. The van der Waals surface area contributed by atoms with Crippen molar-refractivity contribution in [3.8, 4) is 0 Å². The number of aromatic nitrogens is 2. The van der Waals surface area contributed by atoms with Crippen molar-refractivity contribution in [2.75, 3.05) is 0 Å². The smallest absolute Gasteiger partial charge is 0.180 e. The van der Waals surface area contributed by atoms with Crippen LogP contribution < -0.4 is 0 Å². The molecule has 15 heavy (non-hydrogen) atoms. The number of Topliss-reactive ketones (excluding diaryl/α,β-unsaturated/α-hetero) is 1. The highest BCUT2D eigenvalue weighted by Gasteiger charge is 2.11. The summed E-state index contributed by atoms with van der Waals surface area (Å²) >= 11 is 0. The fraction of sp³-hybridized carbons (Fsp3) is 0.182. The van der Waals surface area contributed by atoms with Crippen LogP contribution in [0.2, 0.25) is 0 Å². The summed E-state index contributed by atoms with van der Waals surface area (Å²) in [6, 6.07) is 7.26. The summed E-state index contributed by atoms with van der Waals surface area (Å²) in [5.74, 6) is -0.183. The average molecular weight is 202 g/mol. The van der Waals surface area contributed by atoms with Crippen molar-refractivity contribution in [1.29, 1.82) is 0 Å². The molecule has 1 heterocycles. The number of aliphatic hydroxyl groups is 1. The highest BCUT2D eigenvalue weighted by Crippen LogP contribution is 2.13. The third-order valence-electron chi connectivity index (χ3n) is 2.13. The van der Waals surface area contributed by atoms with Gasteiger partial charge in [-0.15, -0.1) is 0 Å². The lowest BCUT2D eigenvalue weighted by atomic mass is 10.2. The number of carbonyl (C=O) groups excluding carboxylic acids is 1. The van der Waals surface area contributed by atoms with Crippen LogP contribution in [-0.4, -0.2) is 20.9 Å². The second-order valence-electron chi connectivity index (χ2n) is 3.22. The number of ketones is 1. The first kappa shape index (κ1) is 9.73. The number of fused-ring (bicyclic) bond motifs is 1. The third kappa shape index (κ3) is 1.71. The molecule has 1 aromatic carbocycles. The quantitative estimate of drug-likeness (QED) is 0.746. The van der Waals surface area contributed by atoms with Crippen molar-refractivity contribution in [3.05, 3.63) is 35.7 Å². The first-order chi connectivity index (χ1) is 7.22. The highest BCUT2D eigenvalue weighted by atomic mass is 16.3. The van der Waals surface area contributed by atoms with Crippen molar-refractivity contribution < 1.29 is 9.90 Å². The molecule has 4 nitrogen and oxygen atoms in total. The number of benzene rings is 1. The number of para-hydroxylation sites is 2. The molecule has 1 N–H and O–H groups in total. The zero-order chi connectivity index (χ0) is 10.8. The van der Waals surface area contributed by atoms with E-state index in [1.54, 1.807) is 12.1 Å². The third-order valence-corrected chi connectivity index (χ3v) is 2.13. The monoisotopic (exact) mass is 202 g/mol. The van der Waals surface area contributed by atoms with Gasteiger partial charge in [0.15, 0.2) is 5.78 Å². The van der Waals surface area contributed by atoms with E-state index in [1.165, 1.54) is 6.92 Å². The van der Waals surface area contributed by atoms with E-state index in [0.717, 1.165) is 0 Å². The molecule has 0 aliphatic carbocycles. The number of hydrogen-bond donors (Lipinski definition) is 1. The van der Waals surface area contributed by atoms with Crippen molar-refractivity contribution in [2.45, 2.75) is 13.5 Å². The molecule has 0 fully saturated rings. The van der Waals surface area contributed by atoms with Crippen LogP contribution in [0.15, 0.2) is 24.3 Å². The van der Waals surface area contributed by atoms with E-state index >= 15 is 0 Å². The number of aliphatic hydroxyl groups excluding tert-OH is 1. The second kappa shape index (κ2) is 3.74. The van der Waals surface area contributed by atoms with Gasteiger partial charge in [-0.2, -0.15) is 0 Å². The van der Waals surface area contributed by atoms with Crippen LogP contribution in [0.1, 0.15) is 23.1 Å². The Labute approximate surface area is 86.6 Å². The van der Waals surface area contributed by atoms with Crippen molar-refractivity contribution in [3.63, 3.8) is 0 Å². The fourth-order valence-corrected chi connectivity index (χ4v) is 1.43. The van der Waals surface area contributed by atoms with Gasteiger partial charge in [0.1, 0.15) is 5.69 Å². The van der Waals surface area contributed by atoms with Gasteiger partial charge >= 0.3 is 0 Å². The molecule has 0 saturated heterocycles. The van der Waals surface area contributed by atoms with Gasteiger partial charge in [-0.05, 0) is 12.1 Å². The number of rotatable bonds is 2. The van der Waals surface area contributed by atoms with Gasteiger partial charge in [0, 0.05) is 6.92 Å². The second-order valence-corrected chi connectivity index (χ2v) is 3.22. The lowest BCUT2D eigenvalue weighted by Gasteiger charge is -2.04. The van der Waals surface area contributed by atoms with Gasteiger partial charge in [-0.1, -0.05) is 12.1 Å². The number of nitrogens with zero attached hydrogens (tertiary/aromatic N) is 2. The van der Waals surface area contributed by atoms with Crippen LogP contribution in [-0.2, 0) is 6.61 Å². The van der Waals surface area contributed by atoms with E-state index < -0.39 is 0 Å². The zero-order valence-corrected chi connectivity index (χ0v) is 8.27. The van der Waals surface area contributed by atoms with E-state index in [9.17, 15) is 4.79 Å². The van der Waals surface area contributed by atoms with E-state index in [4.69, 9.17) is 5.11 Å². The lowest BCUT2D eigenvalue weighted by Crippen LogP contribution is -2.06. The molecule has 2 aromatic rings. The van der Waals surface area contributed by atoms with Crippen LogP contribution in [0.4, 0.5) is 0 Å². The molecule has 0 aliphatic heterocycles. The van der Waals surface area contributed by atoms with Gasteiger partial charge in [0.25, 0.3) is 0 Å². The maximum Gasteiger partial charge on any atom is 0.180 e. The Morgan fingerprint density at radius 1 is 1.27 bits per heavy atom. The Balaban J connectivity index is 2.74. The molecule has 2 rings (SSSR count). The Morgan fingerprint density at radius 3 is 2.40 bits per heavy atom. The first-order valence-corrected chi connectivity index (χ1v) is 4.60. The van der Waals surface area contributed by atoms with Crippen molar-refractivity contribution >= 4 is 16.8 Å². The molecule has 0 unspecified atom stereocenters. The minimum absolute atomic E-state index is 0.183. The first-order valence-electron chi connectivity index (χ1n) is 4.60. The average Bonchev–Trinajstić information content (AvgIpc) is 2.27. The van der Waals surface area contributed by atoms with E-state index in [-0.39, 0.29) is 18.1 Å². The minimum atomic E-state index is -0.271. The molecule has 76 valence electrons. The molecule has 0 saturated carbocycles. The van der Waals surface area contributed by atoms with Crippen LogP contribution in [0, 0.1) is 0 Å². The summed E-state index contributed by atoms with van der Waals surface area (Å²) in [6.45, 7) is 1.14. The molecule has 0 atom stereocenters. The van der Waals surface area contributed by atoms with Crippen LogP contribution in [0.3, 0.4) is 0 Å². The predicted octanol–water partition coefficient (Wildman–Crippen LogP) is 1.32. The van der Waals surface area contributed by atoms with E-state index in [2.05, 4.69) is 9.97 Å². The topological polar surface area (TPSA) is 63.1 Å². The van der Waals surface area contributed by atoms with Gasteiger partial charge in [-0.25, -0.2) is 9.97 Å². The molecule has 4 heteroatoms. The molecule has 1 aromatic heterocycles. The maximum absolute atomic E-state index is 11.3. The van der Waals surface area contributed by atoms with Gasteiger partial charge in [0.2, 0.25) is 0 Å². The Hall–Kier alpha value is -1.81. The van der Waals surface area contributed by atoms with Gasteiger partial charge < -0.3 is 5.11 Å². The number of hydrogen-bond acceptors (Lipinski definition) is 4. The minimum Gasteiger partial charge on any atom is -0.390 e. The zero-order valence-electron chi connectivity index (χ0n) is 8.27.